The zero-order valence-corrected chi connectivity index (χ0v) is 12.6. The minimum Gasteiger partial charge on any atom is -0.371 e. The third-order valence-corrected chi connectivity index (χ3v) is 3.52. The van der Waals surface area contributed by atoms with E-state index >= 15 is 0 Å². The van der Waals surface area contributed by atoms with Crippen LogP contribution in [0.1, 0.15) is 31.5 Å². The van der Waals surface area contributed by atoms with E-state index in [2.05, 4.69) is 48.6 Å². The summed E-state index contributed by atoms with van der Waals surface area (Å²) in [6, 6.07) is 2.58. The van der Waals surface area contributed by atoms with Crippen molar-refractivity contribution in [3.63, 3.8) is 0 Å². The molecule has 0 saturated carbocycles. The first-order valence-corrected chi connectivity index (χ1v) is 6.99. The average Bonchev–Trinajstić information content (AvgIpc) is 2.57. The van der Waals surface area contributed by atoms with Crippen molar-refractivity contribution in [1.29, 1.82) is 5.26 Å². The van der Waals surface area contributed by atoms with Gasteiger partial charge in [0.15, 0.2) is 0 Å². The number of nitriles is 1. The van der Waals surface area contributed by atoms with E-state index in [-0.39, 0.29) is 0 Å². The summed E-state index contributed by atoms with van der Waals surface area (Å²) in [5, 5.41) is 13.5. The molecular weight excluding hydrogens is 244 g/mol. The number of aryl methyl sites for hydroxylation is 1. The SMILES string of the molecule is Cc1nsc(NC(CC(C)C)CN(C)C)c1C#N. The molecule has 0 bridgehead atoms. The lowest BCUT2D eigenvalue weighted by molar-refractivity contribution is 0.356. The maximum atomic E-state index is 9.13. The van der Waals surface area contributed by atoms with Crippen LogP contribution in [0, 0.1) is 24.2 Å². The van der Waals surface area contributed by atoms with Gasteiger partial charge in [-0.15, -0.1) is 0 Å². The molecule has 0 radical (unpaired) electrons. The van der Waals surface area contributed by atoms with Crippen LogP contribution in [0.3, 0.4) is 0 Å². The highest BCUT2D eigenvalue weighted by Crippen LogP contribution is 2.25. The number of nitrogens with zero attached hydrogens (tertiary/aromatic N) is 3. The van der Waals surface area contributed by atoms with Gasteiger partial charge in [0.25, 0.3) is 0 Å². The third kappa shape index (κ3) is 4.28. The first kappa shape index (κ1) is 14.9. The number of anilines is 1. The normalized spacial score (nSPS) is 12.8. The summed E-state index contributed by atoms with van der Waals surface area (Å²) >= 11 is 1.38. The van der Waals surface area contributed by atoms with Crippen molar-refractivity contribution in [3.05, 3.63) is 11.3 Å². The summed E-state index contributed by atoms with van der Waals surface area (Å²) in [5.74, 6) is 0.627. The molecule has 0 spiro atoms. The average molecular weight is 266 g/mol. The Bertz CT molecular complexity index is 407. The first-order chi connectivity index (χ1) is 8.43. The molecule has 1 unspecified atom stereocenters. The monoisotopic (exact) mass is 266 g/mol. The number of nitrogens with one attached hydrogen (secondary N) is 1. The predicted molar refractivity (Wildman–Crippen MR) is 77.0 cm³/mol. The Hall–Kier alpha value is -1.12. The lowest BCUT2D eigenvalue weighted by atomic mass is 10.0. The number of likely N-dealkylation sites (N-methyl/N-ethyl adjacent to an activating group) is 1. The lowest BCUT2D eigenvalue weighted by Gasteiger charge is -2.24. The maximum Gasteiger partial charge on any atom is 0.127 e. The Morgan fingerprint density at radius 1 is 1.44 bits per heavy atom. The molecule has 100 valence electrons. The first-order valence-electron chi connectivity index (χ1n) is 6.21. The Morgan fingerprint density at radius 2 is 2.11 bits per heavy atom. The van der Waals surface area contributed by atoms with Crippen molar-refractivity contribution in [2.75, 3.05) is 26.0 Å². The summed E-state index contributed by atoms with van der Waals surface area (Å²) in [4.78, 5) is 2.17. The van der Waals surface area contributed by atoms with Crippen LogP contribution in [0.4, 0.5) is 5.00 Å². The highest BCUT2D eigenvalue weighted by Gasteiger charge is 2.16. The molecular formula is C13H22N4S. The van der Waals surface area contributed by atoms with Gasteiger partial charge in [0.1, 0.15) is 16.6 Å². The molecule has 4 nitrogen and oxygen atoms in total. The van der Waals surface area contributed by atoms with E-state index in [1.165, 1.54) is 11.5 Å². The van der Waals surface area contributed by atoms with Gasteiger partial charge in [-0.05, 0) is 44.9 Å². The van der Waals surface area contributed by atoms with Gasteiger partial charge in [-0.25, -0.2) is 0 Å². The Morgan fingerprint density at radius 3 is 2.61 bits per heavy atom. The van der Waals surface area contributed by atoms with Crippen LogP contribution in [0.25, 0.3) is 0 Å². The third-order valence-electron chi connectivity index (χ3n) is 2.65. The van der Waals surface area contributed by atoms with Crippen LogP contribution < -0.4 is 5.32 Å². The number of aromatic nitrogens is 1. The summed E-state index contributed by atoms with van der Waals surface area (Å²) in [6.45, 7) is 7.27. The summed E-state index contributed by atoms with van der Waals surface area (Å²) in [7, 11) is 4.14. The van der Waals surface area contributed by atoms with Crippen molar-refractivity contribution in [3.8, 4) is 6.07 Å². The molecule has 1 heterocycles. The Labute approximate surface area is 114 Å². The van der Waals surface area contributed by atoms with E-state index in [0.29, 0.717) is 17.5 Å². The number of hydrogen-bond acceptors (Lipinski definition) is 5. The standard InChI is InChI=1S/C13H22N4S/c1-9(2)6-11(8-17(4)5)15-13-12(7-14)10(3)16-18-13/h9,11,15H,6,8H2,1-5H3. The molecule has 1 N–H and O–H groups in total. The minimum atomic E-state index is 0.354. The zero-order chi connectivity index (χ0) is 13.7. The highest BCUT2D eigenvalue weighted by molar-refractivity contribution is 7.10. The summed E-state index contributed by atoms with van der Waals surface area (Å²) in [6.07, 6.45) is 1.08. The molecule has 18 heavy (non-hydrogen) atoms. The molecule has 1 rings (SSSR count). The van der Waals surface area contributed by atoms with Crippen molar-refractivity contribution in [2.24, 2.45) is 5.92 Å². The molecule has 1 atom stereocenters. The smallest absolute Gasteiger partial charge is 0.127 e. The number of hydrogen-bond donors (Lipinski definition) is 1. The fraction of sp³-hybridized carbons (Fsp3) is 0.692. The molecule has 1 aromatic heterocycles. The summed E-state index contributed by atoms with van der Waals surface area (Å²) in [5.41, 5.74) is 1.51. The molecule has 0 fully saturated rings. The van der Waals surface area contributed by atoms with Crippen molar-refractivity contribution >= 4 is 16.5 Å². The quantitative estimate of drug-likeness (QED) is 0.860. The maximum absolute atomic E-state index is 9.13. The van der Waals surface area contributed by atoms with Crippen LogP contribution in [-0.4, -0.2) is 36.0 Å². The molecule has 0 aliphatic rings. The zero-order valence-electron chi connectivity index (χ0n) is 11.8. The van der Waals surface area contributed by atoms with Gasteiger partial charge in [-0.1, -0.05) is 13.8 Å². The summed E-state index contributed by atoms with van der Waals surface area (Å²) < 4.78 is 4.24. The Kier molecular flexibility index (Phi) is 5.57. The molecule has 0 aliphatic heterocycles. The molecule has 5 heteroatoms. The van der Waals surface area contributed by atoms with E-state index in [9.17, 15) is 0 Å². The van der Waals surface area contributed by atoms with Gasteiger partial charge in [0.2, 0.25) is 0 Å². The van der Waals surface area contributed by atoms with E-state index in [1.54, 1.807) is 0 Å². The van der Waals surface area contributed by atoms with Crippen LogP contribution in [0.15, 0.2) is 0 Å². The van der Waals surface area contributed by atoms with Crippen LogP contribution in [0.2, 0.25) is 0 Å². The molecule has 1 aromatic rings. The van der Waals surface area contributed by atoms with E-state index in [1.807, 2.05) is 6.92 Å². The van der Waals surface area contributed by atoms with Crippen molar-refractivity contribution < 1.29 is 0 Å². The molecule has 0 saturated heterocycles. The van der Waals surface area contributed by atoms with Crippen LogP contribution in [-0.2, 0) is 0 Å². The van der Waals surface area contributed by atoms with Crippen LogP contribution >= 0.6 is 11.5 Å². The molecule has 0 aliphatic carbocycles. The van der Waals surface area contributed by atoms with Gasteiger partial charge in [-0.2, -0.15) is 9.64 Å². The van der Waals surface area contributed by atoms with Crippen molar-refractivity contribution in [1.82, 2.24) is 9.27 Å². The molecule has 0 amide bonds. The van der Waals surface area contributed by atoms with Gasteiger partial charge < -0.3 is 10.2 Å². The van der Waals surface area contributed by atoms with Gasteiger partial charge >= 0.3 is 0 Å². The van der Waals surface area contributed by atoms with Crippen molar-refractivity contribution in [2.45, 2.75) is 33.2 Å². The van der Waals surface area contributed by atoms with E-state index in [4.69, 9.17) is 5.26 Å². The fourth-order valence-corrected chi connectivity index (χ4v) is 2.80. The highest BCUT2D eigenvalue weighted by atomic mass is 32.1. The lowest BCUT2D eigenvalue weighted by Crippen LogP contribution is -2.33. The van der Waals surface area contributed by atoms with Gasteiger partial charge in [0.05, 0.1) is 5.69 Å². The topological polar surface area (TPSA) is 52.0 Å². The van der Waals surface area contributed by atoms with Gasteiger partial charge in [-0.3, -0.25) is 0 Å². The predicted octanol–water partition coefficient (Wildman–Crippen LogP) is 2.71. The second kappa shape index (κ2) is 6.72. The molecule has 0 aromatic carbocycles. The second-order valence-corrected chi connectivity index (χ2v) is 6.09. The largest absolute Gasteiger partial charge is 0.371 e. The number of rotatable bonds is 6. The fourth-order valence-electron chi connectivity index (χ4n) is 1.97. The van der Waals surface area contributed by atoms with Gasteiger partial charge in [0, 0.05) is 12.6 Å². The minimum absolute atomic E-state index is 0.354. The van der Waals surface area contributed by atoms with E-state index in [0.717, 1.165) is 23.7 Å². The van der Waals surface area contributed by atoms with Crippen LogP contribution in [0.5, 0.6) is 0 Å². The van der Waals surface area contributed by atoms with E-state index < -0.39 is 0 Å². The second-order valence-electron chi connectivity index (χ2n) is 5.32. The Balaban J connectivity index is 2.79.